The van der Waals surface area contributed by atoms with E-state index < -0.39 is 22.1 Å². The molecule has 1 aliphatic rings. The first kappa shape index (κ1) is 19.4. The van der Waals surface area contributed by atoms with Crippen LogP contribution in [0.3, 0.4) is 0 Å². The summed E-state index contributed by atoms with van der Waals surface area (Å²) < 4.78 is 33.7. The fraction of sp³-hybridized carbons (Fsp3) is 0.500. The van der Waals surface area contributed by atoms with Crippen molar-refractivity contribution in [2.75, 3.05) is 26.3 Å². The van der Waals surface area contributed by atoms with Crippen molar-refractivity contribution in [1.82, 2.24) is 4.90 Å². The van der Waals surface area contributed by atoms with Gasteiger partial charge >= 0.3 is 5.97 Å². The molecule has 1 fully saturated rings. The van der Waals surface area contributed by atoms with E-state index in [0.29, 0.717) is 37.4 Å². The summed E-state index contributed by atoms with van der Waals surface area (Å²) in [5.74, 6) is -1.09. The van der Waals surface area contributed by atoms with Gasteiger partial charge in [-0.05, 0) is 44.0 Å². The molecule has 9 heteroatoms. The topological polar surface area (TPSA) is 116 Å². The van der Waals surface area contributed by atoms with Crippen molar-refractivity contribution in [2.24, 2.45) is 5.14 Å². The number of carbonyl (C=O) groups excluding carboxylic acids is 2. The van der Waals surface area contributed by atoms with Crippen LogP contribution in [-0.4, -0.2) is 57.6 Å². The van der Waals surface area contributed by atoms with E-state index >= 15 is 0 Å². The molecular formula is C16H22N2O6S. The summed E-state index contributed by atoms with van der Waals surface area (Å²) in [5.41, 5.74) is 1.09. The van der Waals surface area contributed by atoms with Gasteiger partial charge in [0.1, 0.15) is 0 Å². The van der Waals surface area contributed by atoms with Gasteiger partial charge < -0.3 is 14.4 Å². The number of nitrogens with two attached hydrogens (primary N) is 1. The van der Waals surface area contributed by atoms with Gasteiger partial charge in [0, 0.05) is 13.1 Å². The Morgan fingerprint density at radius 3 is 2.40 bits per heavy atom. The number of aryl methyl sites for hydroxylation is 1. The Bertz CT molecular complexity index is 784. The van der Waals surface area contributed by atoms with Crippen LogP contribution in [0.15, 0.2) is 17.0 Å². The van der Waals surface area contributed by atoms with Crippen LogP contribution >= 0.6 is 0 Å². The molecule has 0 aromatic heterocycles. The van der Waals surface area contributed by atoms with Crippen LogP contribution in [0.5, 0.6) is 0 Å². The molecule has 138 valence electrons. The Labute approximate surface area is 146 Å². The van der Waals surface area contributed by atoms with Gasteiger partial charge in [0.25, 0.3) is 5.91 Å². The summed E-state index contributed by atoms with van der Waals surface area (Å²) in [6.45, 7) is 6.54. The third kappa shape index (κ3) is 4.56. The van der Waals surface area contributed by atoms with Crippen molar-refractivity contribution >= 4 is 21.9 Å². The van der Waals surface area contributed by atoms with E-state index in [1.165, 1.54) is 19.1 Å². The minimum atomic E-state index is -3.97. The fourth-order valence-corrected chi connectivity index (χ4v) is 3.44. The van der Waals surface area contributed by atoms with Crippen LogP contribution < -0.4 is 5.14 Å². The summed E-state index contributed by atoms with van der Waals surface area (Å²) >= 11 is 0. The molecule has 1 aliphatic heterocycles. The lowest BCUT2D eigenvalue weighted by Crippen LogP contribution is -2.46. The van der Waals surface area contributed by atoms with Gasteiger partial charge in [0.15, 0.2) is 6.10 Å². The molecule has 8 nitrogen and oxygen atoms in total. The highest BCUT2D eigenvalue weighted by atomic mass is 32.2. The number of sulfonamides is 1. The van der Waals surface area contributed by atoms with Crippen LogP contribution in [0.1, 0.15) is 28.4 Å². The van der Waals surface area contributed by atoms with E-state index in [9.17, 15) is 18.0 Å². The van der Waals surface area contributed by atoms with Crippen molar-refractivity contribution in [3.63, 3.8) is 0 Å². The van der Waals surface area contributed by atoms with Gasteiger partial charge in [-0.3, -0.25) is 4.79 Å². The Morgan fingerprint density at radius 1 is 1.24 bits per heavy atom. The molecule has 1 aromatic carbocycles. The SMILES string of the molecule is Cc1cc(C(=O)OC(C)C(=O)N2CCOCC2)cc(S(N)(=O)=O)c1C. The number of carbonyl (C=O) groups is 2. The van der Waals surface area contributed by atoms with Gasteiger partial charge in [-0.25, -0.2) is 18.4 Å². The van der Waals surface area contributed by atoms with E-state index in [0.717, 1.165) is 0 Å². The summed E-state index contributed by atoms with van der Waals surface area (Å²) in [7, 11) is -3.97. The zero-order valence-corrected chi connectivity index (χ0v) is 15.3. The summed E-state index contributed by atoms with van der Waals surface area (Å²) in [4.78, 5) is 26.1. The molecule has 1 atom stereocenters. The number of primary sulfonamides is 1. The highest BCUT2D eigenvalue weighted by Crippen LogP contribution is 2.21. The Morgan fingerprint density at radius 2 is 1.84 bits per heavy atom. The van der Waals surface area contributed by atoms with E-state index in [-0.39, 0.29) is 16.4 Å². The van der Waals surface area contributed by atoms with Crippen molar-refractivity contribution < 1.29 is 27.5 Å². The number of hydrogen-bond acceptors (Lipinski definition) is 6. The molecule has 1 saturated heterocycles. The van der Waals surface area contributed by atoms with Crippen LogP contribution in [-0.2, 0) is 24.3 Å². The first-order valence-electron chi connectivity index (χ1n) is 7.83. The van der Waals surface area contributed by atoms with Gasteiger partial charge in [-0.1, -0.05) is 0 Å². The first-order valence-corrected chi connectivity index (χ1v) is 9.37. The molecule has 1 unspecified atom stereocenters. The molecule has 0 radical (unpaired) electrons. The quantitative estimate of drug-likeness (QED) is 0.765. The molecule has 0 aliphatic carbocycles. The molecule has 0 spiro atoms. The maximum atomic E-state index is 12.3. The second kappa shape index (κ2) is 7.51. The van der Waals surface area contributed by atoms with E-state index in [4.69, 9.17) is 14.6 Å². The average Bonchev–Trinajstić information content (AvgIpc) is 2.56. The molecule has 25 heavy (non-hydrogen) atoms. The van der Waals surface area contributed by atoms with E-state index in [2.05, 4.69) is 0 Å². The minimum Gasteiger partial charge on any atom is -0.449 e. The lowest BCUT2D eigenvalue weighted by molar-refractivity contribution is -0.143. The Balaban J connectivity index is 2.17. The van der Waals surface area contributed by atoms with Gasteiger partial charge in [0.2, 0.25) is 10.0 Å². The lowest BCUT2D eigenvalue weighted by atomic mass is 10.1. The number of nitrogens with zero attached hydrogens (tertiary/aromatic N) is 1. The third-order valence-electron chi connectivity index (χ3n) is 4.12. The Kier molecular flexibility index (Phi) is 5.81. The molecule has 2 rings (SSSR count). The van der Waals surface area contributed by atoms with Gasteiger partial charge in [-0.2, -0.15) is 0 Å². The minimum absolute atomic E-state index is 0.0359. The largest absolute Gasteiger partial charge is 0.449 e. The highest BCUT2D eigenvalue weighted by molar-refractivity contribution is 7.89. The van der Waals surface area contributed by atoms with Crippen molar-refractivity contribution in [2.45, 2.75) is 31.8 Å². The van der Waals surface area contributed by atoms with Crippen LogP contribution in [0.25, 0.3) is 0 Å². The Hall–Kier alpha value is -1.97. The molecule has 1 amide bonds. The maximum absolute atomic E-state index is 12.3. The number of morpholine rings is 1. The standard InChI is InChI=1S/C16H22N2O6S/c1-10-8-13(9-14(11(10)2)25(17,21)22)16(20)24-12(3)15(19)18-4-6-23-7-5-18/h8-9,12H,4-7H2,1-3H3,(H2,17,21,22). The van der Waals surface area contributed by atoms with Crippen molar-refractivity contribution in [3.8, 4) is 0 Å². The smallest absolute Gasteiger partial charge is 0.338 e. The monoisotopic (exact) mass is 370 g/mol. The number of rotatable bonds is 4. The maximum Gasteiger partial charge on any atom is 0.338 e. The predicted molar refractivity (Wildman–Crippen MR) is 89.6 cm³/mol. The number of esters is 1. The zero-order valence-electron chi connectivity index (χ0n) is 14.4. The molecule has 1 heterocycles. The summed E-state index contributed by atoms with van der Waals surface area (Å²) in [5, 5.41) is 5.19. The normalized spacial score (nSPS) is 16.4. The second-order valence-corrected chi connectivity index (χ2v) is 7.48. The van der Waals surface area contributed by atoms with Crippen LogP contribution in [0.4, 0.5) is 0 Å². The molecule has 1 aromatic rings. The second-order valence-electron chi connectivity index (χ2n) is 5.95. The lowest BCUT2D eigenvalue weighted by Gasteiger charge is -2.29. The highest BCUT2D eigenvalue weighted by Gasteiger charge is 2.26. The van der Waals surface area contributed by atoms with Gasteiger partial charge in [0.05, 0.1) is 23.7 Å². The zero-order chi connectivity index (χ0) is 18.8. The van der Waals surface area contributed by atoms with Crippen LogP contribution in [0.2, 0.25) is 0 Å². The van der Waals surface area contributed by atoms with E-state index in [1.54, 1.807) is 18.7 Å². The van der Waals surface area contributed by atoms with Gasteiger partial charge in [-0.15, -0.1) is 0 Å². The molecule has 2 N–H and O–H groups in total. The molecule has 0 saturated carbocycles. The summed E-state index contributed by atoms with van der Waals surface area (Å²) in [6, 6.07) is 2.68. The average molecular weight is 370 g/mol. The van der Waals surface area contributed by atoms with Crippen molar-refractivity contribution in [1.29, 1.82) is 0 Å². The number of hydrogen-bond donors (Lipinski definition) is 1. The number of benzene rings is 1. The third-order valence-corrected chi connectivity index (χ3v) is 5.15. The van der Waals surface area contributed by atoms with E-state index in [1.807, 2.05) is 0 Å². The van der Waals surface area contributed by atoms with Crippen molar-refractivity contribution in [3.05, 3.63) is 28.8 Å². The number of amides is 1. The number of ether oxygens (including phenoxy) is 2. The predicted octanol–water partition coefficient (Wildman–Crippen LogP) is 0.355. The first-order chi connectivity index (χ1) is 11.6. The fourth-order valence-electron chi connectivity index (χ4n) is 2.56. The molecule has 0 bridgehead atoms. The summed E-state index contributed by atoms with van der Waals surface area (Å²) in [6.07, 6.45) is -0.981. The molecular weight excluding hydrogens is 348 g/mol. The van der Waals surface area contributed by atoms with Crippen LogP contribution in [0, 0.1) is 13.8 Å².